The highest BCUT2D eigenvalue weighted by Crippen LogP contribution is 2.27. The monoisotopic (exact) mass is 291 g/mol. The van der Waals surface area contributed by atoms with E-state index in [1.165, 1.54) is 25.7 Å². The second-order valence-corrected chi connectivity index (χ2v) is 7.26. The standard InChI is InChI=1S/C16H21NO2S/c17-14(11-20(18)10-12-5-1-2-6-12)16-9-13-7-3-4-8-15(13)19-16/h3-4,7-9,12,14H,1-2,5-6,10-11,17H2. The van der Waals surface area contributed by atoms with Crippen LogP contribution in [0.1, 0.15) is 37.5 Å². The molecule has 3 rings (SSSR count). The molecule has 4 heteroatoms. The number of rotatable bonds is 5. The molecule has 0 radical (unpaired) electrons. The quantitative estimate of drug-likeness (QED) is 0.919. The summed E-state index contributed by atoms with van der Waals surface area (Å²) in [5, 5.41) is 1.06. The lowest BCUT2D eigenvalue weighted by molar-refractivity contribution is 0.512. The molecule has 1 aliphatic rings. The van der Waals surface area contributed by atoms with Gasteiger partial charge in [-0.05, 0) is 30.9 Å². The molecular formula is C16H21NO2S. The molecule has 20 heavy (non-hydrogen) atoms. The lowest BCUT2D eigenvalue weighted by atomic mass is 10.1. The Morgan fingerprint density at radius 3 is 2.80 bits per heavy atom. The summed E-state index contributed by atoms with van der Waals surface area (Å²) >= 11 is 0. The molecule has 2 N–H and O–H groups in total. The maximum atomic E-state index is 12.2. The smallest absolute Gasteiger partial charge is 0.134 e. The zero-order chi connectivity index (χ0) is 13.9. The zero-order valence-electron chi connectivity index (χ0n) is 11.6. The van der Waals surface area contributed by atoms with Crippen LogP contribution in [-0.2, 0) is 10.8 Å². The van der Waals surface area contributed by atoms with Gasteiger partial charge in [0, 0.05) is 27.7 Å². The van der Waals surface area contributed by atoms with Crippen LogP contribution >= 0.6 is 0 Å². The second kappa shape index (κ2) is 6.10. The molecular weight excluding hydrogens is 270 g/mol. The SMILES string of the molecule is NC(CS(=O)CC1CCCC1)c1cc2ccccc2o1. The highest BCUT2D eigenvalue weighted by molar-refractivity contribution is 7.85. The summed E-state index contributed by atoms with van der Waals surface area (Å²) in [6.45, 7) is 0. The fourth-order valence-corrected chi connectivity index (χ4v) is 4.54. The van der Waals surface area contributed by atoms with E-state index in [0.29, 0.717) is 11.7 Å². The van der Waals surface area contributed by atoms with Gasteiger partial charge in [-0.25, -0.2) is 0 Å². The maximum absolute atomic E-state index is 12.2. The highest BCUT2D eigenvalue weighted by atomic mass is 32.2. The van der Waals surface area contributed by atoms with Crippen molar-refractivity contribution in [3.8, 4) is 0 Å². The van der Waals surface area contributed by atoms with Crippen LogP contribution in [-0.4, -0.2) is 15.7 Å². The van der Waals surface area contributed by atoms with Crippen molar-refractivity contribution >= 4 is 21.8 Å². The molecule has 108 valence electrons. The van der Waals surface area contributed by atoms with Crippen LogP contribution in [0, 0.1) is 5.92 Å². The van der Waals surface area contributed by atoms with Gasteiger partial charge in [0.15, 0.2) is 0 Å². The fraction of sp³-hybridized carbons (Fsp3) is 0.500. The number of benzene rings is 1. The average molecular weight is 291 g/mol. The molecule has 1 aromatic carbocycles. The molecule has 2 aromatic rings. The van der Waals surface area contributed by atoms with Gasteiger partial charge in [-0.1, -0.05) is 31.0 Å². The number of para-hydroxylation sites is 1. The number of furan rings is 1. The first-order chi connectivity index (χ1) is 9.72. The van der Waals surface area contributed by atoms with E-state index in [1.807, 2.05) is 30.3 Å². The molecule has 1 heterocycles. The van der Waals surface area contributed by atoms with Crippen molar-refractivity contribution in [2.45, 2.75) is 31.7 Å². The van der Waals surface area contributed by atoms with E-state index in [-0.39, 0.29) is 6.04 Å². The van der Waals surface area contributed by atoms with E-state index in [2.05, 4.69) is 0 Å². The molecule has 1 aromatic heterocycles. The summed E-state index contributed by atoms with van der Waals surface area (Å²) in [6.07, 6.45) is 5.03. The molecule has 1 aliphatic carbocycles. The molecule has 1 saturated carbocycles. The summed E-state index contributed by atoms with van der Waals surface area (Å²) in [5.41, 5.74) is 6.99. The third-order valence-corrected chi connectivity index (χ3v) is 5.65. The van der Waals surface area contributed by atoms with Gasteiger partial charge in [0.2, 0.25) is 0 Å². The van der Waals surface area contributed by atoms with E-state index in [4.69, 9.17) is 10.2 Å². The molecule has 2 unspecified atom stereocenters. The van der Waals surface area contributed by atoms with Crippen LogP contribution in [0.25, 0.3) is 11.0 Å². The molecule has 3 nitrogen and oxygen atoms in total. The summed E-state index contributed by atoms with van der Waals surface area (Å²) in [6, 6.07) is 9.55. The Kier molecular flexibility index (Phi) is 4.22. The molecule has 0 amide bonds. The average Bonchev–Trinajstić information content (AvgIpc) is 3.06. The van der Waals surface area contributed by atoms with Crippen LogP contribution in [0.15, 0.2) is 34.7 Å². The van der Waals surface area contributed by atoms with Gasteiger partial charge in [-0.15, -0.1) is 0 Å². The Balaban J connectivity index is 1.62. The van der Waals surface area contributed by atoms with Gasteiger partial charge in [-0.2, -0.15) is 0 Å². The van der Waals surface area contributed by atoms with Crippen molar-refractivity contribution in [3.63, 3.8) is 0 Å². The largest absolute Gasteiger partial charge is 0.459 e. The minimum atomic E-state index is -0.847. The maximum Gasteiger partial charge on any atom is 0.134 e. The predicted octanol–water partition coefficient (Wildman–Crippen LogP) is 3.37. The van der Waals surface area contributed by atoms with Crippen LogP contribution in [0.5, 0.6) is 0 Å². The van der Waals surface area contributed by atoms with Gasteiger partial charge in [0.05, 0.1) is 6.04 Å². The molecule has 1 fully saturated rings. The second-order valence-electron chi connectivity index (χ2n) is 5.72. The van der Waals surface area contributed by atoms with Crippen LogP contribution in [0.3, 0.4) is 0 Å². The summed E-state index contributed by atoms with van der Waals surface area (Å²) < 4.78 is 17.9. The van der Waals surface area contributed by atoms with Crippen molar-refractivity contribution in [2.75, 3.05) is 11.5 Å². The minimum Gasteiger partial charge on any atom is -0.459 e. The van der Waals surface area contributed by atoms with E-state index < -0.39 is 10.8 Å². The van der Waals surface area contributed by atoms with Crippen LogP contribution in [0.2, 0.25) is 0 Å². The van der Waals surface area contributed by atoms with Gasteiger partial charge in [0.25, 0.3) is 0 Å². The summed E-state index contributed by atoms with van der Waals surface area (Å²) in [5.74, 6) is 2.68. The van der Waals surface area contributed by atoms with Gasteiger partial charge < -0.3 is 10.2 Å². The van der Waals surface area contributed by atoms with Crippen molar-refractivity contribution in [1.82, 2.24) is 0 Å². The molecule has 0 aliphatic heterocycles. The topological polar surface area (TPSA) is 56.2 Å². The third-order valence-electron chi connectivity index (χ3n) is 4.07. The third kappa shape index (κ3) is 3.13. The van der Waals surface area contributed by atoms with Crippen molar-refractivity contribution in [2.24, 2.45) is 11.7 Å². The van der Waals surface area contributed by atoms with E-state index in [1.54, 1.807) is 0 Å². The Bertz CT molecular complexity index is 568. The number of fused-ring (bicyclic) bond motifs is 1. The Hall–Kier alpha value is -1.13. The Labute approximate surface area is 122 Å². The predicted molar refractivity (Wildman–Crippen MR) is 83.0 cm³/mol. The molecule has 0 spiro atoms. The van der Waals surface area contributed by atoms with E-state index in [9.17, 15) is 4.21 Å². The first kappa shape index (κ1) is 13.8. The van der Waals surface area contributed by atoms with E-state index in [0.717, 1.165) is 22.5 Å². The molecule has 0 bridgehead atoms. The Morgan fingerprint density at radius 2 is 2.05 bits per heavy atom. The van der Waals surface area contributed by atoms with Crippen LogP contribution < -0.4 is 5.73 Å². The number of nitrogens with two attached hydrogens (primary N) is 1. The Morgan fingerprint density at radius 1 is 1.30 bits per heavy atom. The minimum absolute atomic E-state index is 0.273. The first-order valence-electron chi connectivity index (χ1n) is 7.31. The van der Waals surface area contributed by atoms with E-state index >= 15 is 0 Å². The lowest BCUT2D eigenvalue weighted by Crippen LogP contribution is -2.21. The molecule has 0 saturated heterocycles. The van der Waals surface area contributed by atoms with Crippen LogP contribution in [0.4, 0.5) is 0 Å². The van der Waals surface area contributed by atoms with Crippen molar-refractivity contribution < 1.29 is 8.63 Å². The highest BCUT2D eigenvalue weighted by Gasteiger charge is 2.20. The first-order valence-corrected chi connectivity index (χ1v) is 8.80. The van der Waals surface area contributed by atoms with Gasteiger partial charge >= 0.3 is 0 Å². The fourth-order valence-electron chi connectivity index (χ4n) is 2.98. The number of hydrogen-bond donors (Lipinski definition) is 1. The van der Waals surface area contributed by atoms with Gasteiger partial charge in [-0.3, -0.25) is 4.21 Å². The lowest BCUT2D eigenvalue weighted by Gasteiger charge is -2.11. The summed E-state index contributed by atoms with van der Waals surface area (Å²) in [4.78, 5) is 0. The van der Waals surface area contributed by atoms with Crippen molar-refractivity contribution in [3.05, 3.63) is 36.1 Å². The van der Waals surface area contributed by atoms with Gasteiger partial charge in [0.1, 0.15) is 11.3 Å². The van der Waals surface area contributed by atoms with Crippen molar-refractivity contribution in [1.29, 1.82) is 0 Å². The summed E-state index contributed by atoms with van der Waals surface area (Å²) in [7, 11) is -0.847. The molecule has 2 atom stereocenters. The normalized spacial score (nSPS) is 19.4. The number of hydrogen-bond acceptors (Lipinski definition) is 3. The zero-order valence-corrected chi connectivity index (χ0v) is 12.4.